The van der Waals surface area contributed by atoms with Crippen molar-refractivity contribution < 1.29 is 14.6 Å². The maximum absolute atomic E-state index is 9.70. The minimum absolute atomic E-state index is 0.389. The lowest BCUT2D eigenvalue weighted by molar-refractivity contribution is 0.106. The lowest BCUT2D eigenvalue weighted by atomic mass is 11.4. The fourth-order valence-electron chi connectivity index (χ4n) is 0.206. The van der Waals surface area contributed by atoms with Gasteiger partial charge in [-0.3, -0.25) is 0 Å². The van der Waals surface area contributed by atoms with Gasteiger partial charge in [0.1, 0.15) is 0 Å². The Bertz CT molecular complexity index is 81.4. The third-order valence-corrected chi connectivity index (χ3v) is 1.21. The zero-order valence-electron chi connectivity index (χ0n) is 4.97. The van der Waals surface area contributed by atoms with Gasteiger partial charge in [-0.2, -0.15) is 0 Å². The first-order valence-corrected chi connectivity index (χ1v) is 4.98. The van der Waals surface area contributed by atoms with Crippen molar-refractivity contribution >= 4 is 15.0 Å². The zero-order valence-corrected chi connectivity index (χ0v) is 5.97. The lowest BCUT2D eigenvalue weighted by Crippen LogP contribution is -2.14. The zero-order chi connectivity index (χ0) is 6.57. The quantitative estimate of drug-likeness (QED) is 0.451. The molecule has 1 N–H and O–H groups in total. The fraction of sp³-hybridized carbons (Fsp3) is 0.750. The summed E-state index contributed by atoms with van der Waals surface area (Å²) in [6, 6.07) is 0. The molecule has 0 aromatic rings. The van der Waals surface area contributed by atoms with Crippen molar-refractivity contribution in [1.29, 1.82) is 0 Å². The van der Waals surface area contributed by atoms with Crippen molar-refractivity contribution in [2.45, 2.75) is 13.1 Å². The summed E-state index contributed by atoms with van der Waals surface area (Å²) in [4.78, 5) is 9.70. The average Bonchev–Trinajstić information content (AvgIpc) is 1.61. The van der Waals surface area contributed by atoms with Crippen LogP contribution < -0.4 is 0 Å². The molecule has 0 aliphatic rings. The van der Waals surface area contributed by atoms with Crippen LogP contribution in [0.5, 0.6) is 0 Å². The number of rotatable bonds is 2. The molecule has 0 heterocycles. The highest BCUT2D eigenvalue weighted by Gasteiger charge is 1.99. The molecule has 0 unspecified atom stereocenters. The van der Waals surface area contributed by atoms with Crippen molar-refractivity contribution in [3.8, 4) is 0 Å². The van der Waals surface area contributed by atoms with Crippen molar-refractivity contribution in [2.24, 2.45) is 0 Å². The Morgan fingerprint density at radius 2 is 2.25 bits per heavy atom. The third-order valence-electron chi connectivity index (χ3n) is 0.484. The van der Waals surface area contributed by atoms with Gasteiger partial charge < -0.3 is 9.84 Å². The summed E-state index contributed by atoms with van der Waals surface area (Å²) in [6.45, 7) is 3.99. The van der Waals surface area contributed by atoms with Crippen LogP contribution in [0.15, 0.2) is 0 Å². The van der Waals surface area contributed by atoms with Crippen LogP contribution in [0.3, 0.4) is 0 Å². The molecule has 0 bridgehead atoms. The SMILES string of the molecule is C[Si](C)COC(=O)O. The summed E-state index contributed by atoms with van der Waals surface area (Å²) >= 11 is 0. The van der Waals surface area contributed by atoms with E-state index in [1.165, 1.54) is 0 Å². The molecule has 0 aromatic heterocycles. The molecule has 4 heteroatoms. The van der Waals surface area contributed by atoms with Gasteiger partial charge in [-0.15, -0.1) is 0 Å². The highest BCUT2D eigenvalue weighted by molar-refractivity contribution is 6.55. The van der Waals surface area contributed by atoms with Crippen LogP contribution in [0.1, 0.15) is 0 Å². The van der Waals surface area contributed by atoms with Gasteiger partial charge in [0, 0.05) is 0 Å². The second-order valence-electron chi connectivity index (χ2n) is 1.76. The molecule has 0 saturated carbocycles. The molecule has 3 nitrogen and oxygen atoms in total. The second kappa shape index (κ2) is 3.48. The Hall–Kier alpha value is -0.513. The standard InChI is InChI=1S/C4H9O3Si/c1-8(2)3-7-4(5)6/h3H2,1-2H3,(H,5,6). The Morgan fingerprint density at radius 3 is 2.38 bits per heavy atom. The number of carbonyl (C=O) groups is 1. The molecule has 47 valence electrons. The van der Waals surface area contributed by atoms with Crippen molar-refractivity contribution in [1.82, 2.24) is 0 Å². The summed E-state index contributed by atoms with van der Waals surface area (Å²) < 4.78 is 4.27. The number of hydrogen-bond donors (Lipinski definition) is 1. The van der Waals surface area contributed by atoms with Gasteiger partial charge in [0.05, 0.1) is 15.0 Å². The molecule has 0 spiro atoms. The summed E-state index contributed by atoms with van der Waals surface area (Å²) in [5.41, 5.74) is 0. The van der Waals surface area contributed by atoms with Crippen LogP contribution in [0.2, 0.25) is 13.1 Å². The van der Waals surface area contributed by atoms with E-state index in [0.717, 1.165) is 0 Å². The Morgan fingerprint density at radius 1 is 1.75 bits per heavy atom. The molecular formula is C4H9O3Si. The van der Waals surface area contributed by atoms with E-state index in [-0.39, 0.29) is 0 Å². The first kappa shape index (κ1) is 7.49. The number of carboxylic acid groups (broad SMARTS) is 1. The van der Waals surface area contributed by atoms with Crippen LogP contribution in [-0.4, -0.2) is 26.3 Å². The molecule has 0 aliphatic heterocycles. The Labute approximate surface area is 49.9 Å². The van der Waals surface area contributed by atoms with Gasteiger partial charge in [0.15, 0.2) is 0 Å². The van der Waals surface area contributed by atoms with Crippen molar-refractivity contribution in [3.05, 3.63) is 0 Å². The van der Waals surface area contributed by atoms with Crippen LogP contribution in [-0.2, 0) is 4.74 Å². The van der Waals surface area contributed by atoms with E-state index in [1.807, 2.05) is 13.1 Å². The third kappa shape index (κ3) is 5.49. The molecule has 8 heavy (non-hydrogen) atoms. The van der Waals surface area contributed by atoms with Crippen LogP contribution >= 0.6 is 0 Å². The smallest absolute Gasteiger partial charge is 0.450 e. The molecule has 0 atom stereocenters. The van der Waals surface area contributed by atoms with Gasteiger partial charge in [0.25, 0.3) is 0 Å². The maximum atomic E-state index is 9.70. The van der Waals surface area contributed by atoms with Crippen LogP contribution in [0, 0.1) is 0 Å². The van der Waals surface area contributed by atoms with Crippen LogP contribution in [0.4, 0.5) is 4.79 Å². The van der Waals surface area contributed by atoms with E-state index < -0.39 is 15.0 Å². The second-order valence-corrected chi connectivity index (χ2v) is 4.46. The highest BCUT2D eigenvalue weighted by atomic mass is 28.3. The van der Waals surface area contributed by atoms with E-state index in [0.29, 0.717) is 6.23 Å². The lowest BCUT2D eigenvalue weighted by Gasteiger charge is -1.99. The molecule has 0 amide bonds. The van der Waals surface area contributed by atoms with E-state index in [2.05, 4.69) is 4.74 Å². The van der Waals surface area contributed by atoms with E-state index in [4.69, 9.17) is 5.11 Å². The molecule has 1 radical (unpaired) electrons. The minimum atomic E-state index is -1.17. The van der Waals surface area contributed by atoms with Gasteiger partial charge in [-0.05, 0) is 0 Å². The van der Waals surface area contributed by atoms with Gasteiger partial charge in [0.2, 0.25) is 0 Å². The first-order chi connectivity index (χ1) is 3.63. The topological polar surface area (TPSA) is 46.5 Å². The van der Waals surface area contributed by atoms with Gasteiger partial charge in [-0.25, -0.2) is 4.79 Å². The fourth-order valence-corrected chi connectivity index (χ4v) is 0.618. The van der Waals surface area contributed by atoms with Gasteiger partial charge in [-0.1, -0.05) is 13.1 Å². The van der Waals surface area contributed by atoms with Crippen LogP contribution in [0.25, 0.3) is 0 Å². The van der Waals surface area contributed by atoms with E-state index in [1.54, 1.807) is 0 Å². The Kier molecular flexibility index (Phi) is 3.26. The maximum Gasteiger partial charge on any atom is 0.505 e. The largest absolute Gasteiger partial charge is 0.505 e. The first-order valence-electron chi connectivity index (χ1n) is 2.27. The van der Waals surface area contributed by atoms with Crippen molar-refractivity contribution in [2.75, 3.05) is 6.23 Å². The van der Waals surface area contributed by atoms with Gasteiger partial charge >= 0.3 is 6.16 Å². The molecule has 0 saturated heterocycles. The number of ether oxygens (including phenoxy) is 1. The Balaban J connectivity index is 3.05. The van der Waals surface area contributed by atoms with Crippen molar-refractivity contribution in [3.63, 3.8) is 0 Å². The minimum Gasteiger partial charge on any atom is -0.450 e. The summed E-state index contributed by atoms with van der Waals surface area (Å²) in [6.07, 6.45) is -0.781. The molecule has 0 rings (SSSR count). The van der Waals surface area contributed by atoms with E-state index in [9.17, 15) is 4.79 Å². The predicted molar refractivity (Wildman–Crippen MR) is 31.5 cm³/mol. The molecule has 0 aliphatic carbocycles. The summed E-state index contributed by atoms with van der Waals surface area (Å²) in [5.74, 6) is 0. The van der Waals surface area contributed by atoms with E-state index >= 15 is 0 Å². The predicted octanol–water partition coefficient (Wildman–Crippen LogP) is 0.975. The number of hydrogen-bond acceptors (Lipinski definition) is 2. The molecule has 0 fully saturated rings. The molecule has 0 aromatic carbocycles. The summed E-state index contributed by atoms with van der Waals surface area (Å²) in [7, 11) is -0.533. The summed E-state index contributed by atoms with van der Waals surface area (Å²) in [5, 5.41) is 7.96. The molecular weight excluding hydrogens is 124 g/mol. The highest BCUT2D eigenvalue weighted by Crippen LogP contribution is 1.81. The monoisotopic (exact) mass is 133 g/mol. The average molecular weight is 133 g/mol. The normalized spacial score (nSPS) is 9.38.